The molecular formula is C53H36N2O. The molecule has 3 heteroatoms. The summed E-state index contributed by atoms with van der Waals surface area (Å²) in [4.78, 5) is 2.63. The van der Waals surface area contributed by atoms with E-state index in [1.807, 2.05) is 0 Å². The number of furan rings is 1. The molecule has 0 radical (unpaired) electrons. The Kier molecular flexibility index (Phi) is 6.05. The molecule has 0 N–H and O–H groups in total. The minimum Gasteiger partial charge on any atom is -0.456 e. The first-order valence-electron chi connectivity index (χ1n) is 19.9. The zero-order valence-electron chi connectivity index (χ0n) is 30.7. The van der Waals surface area contributed by atoms with Gasteiger partial charge in [-0.05, 0) is 106 Å². The van der Waals surface area contributed by atoms with Crippen molar-refractivity contribution in [3.05, 3.63) is 209 Å². The number of aromatic nitrogens is 1. The third kappa shape index (κ3) is 3.73. The van der Waals surface area contributed by atoms with Gasteiger partial charge in [-0.3, -0.25) is 0 Å². The van der Waals surface area contributed by atoms with E-state index >= 15 is 0 Å². The van der Waals surface area contributed by atoms with Crippen molar-refractivity contribution >= 4 is 56.3 Å². The Hall–Kier alpha value is -6.84. The van der Waals surface area contributed by atoms with E-state index in [2.05, 4.69) is 185 Å². The molecule has 9 aromatic rings. The maximum absolute atomic E-state index is 6.55. The number of nitrogens with zero attached hydrogens (tertiary/aromatic N) is 2. The van der Waals surface area contributed by atoms with Gasteiger partial charge < -0.3 is 13.9 Å². The fraction of sp³-hybridized carbons (Fsp3) is 0.0943. The lowest BCUT2D eigenvalue weighted by Crippen LogP contribution is -2.33. The summed E-state index contributed by atoms with van der Waals surface area (Å²) in [6, 6.07) is 56.9. The van der Waals surface area contributed by atoms with E-state index in [0.717, 1.165) is 30.6 Å². The van der Waals surface area contributed by atoms with Gasteiger partial charge in [-0.2, -0.15) is 0 Å². The lowest BCUT2D eigenvalue weighted by molar-refractivity contribution is 0.595. The molecule has 3 nitrogen and oxygen atoms in total. The summed E-state index contributed by atoms with van der Waals surface area (Å²) in [5.74, 6) is 0.995. The van der Waals surface area contributed by atoms with Crippen molar-refractivity contribution in [2.45, 2.75) is 30.7 Å². The van der Waals surface area contributed by atoms with Crippen LogP contribution in [0.4, 0.5) is 11.4 Å². The lowest BCUT2D eigenvalue weighted by Gasteiger charge is -2.40. The number of benzene rings is 7. The van der Waals surface area contributed by atoms with Crippen molar-refractivity contribution in [3.8, 4) is 16.8 Å². The Labute approximate surface area is 325 Å². The normalized spacial score (nSPS) is 18.2. The molecule has 0 fully saturated rings. The fourth-order valence-corrected chi connectivity index (χ4v) is 11.2. The quantitative estimate of drug-likeness (QED) is 0.182. The summed E-state index contributed by atoms with van der Waals surface area (Å²) in [7, 11) is 0. The second kappa shape index (κ2) is 11.1. The molecule has 2 unspecified atom stereocenters. The molecule has 3 heterocycles. The molecule has 0 saturated heterocycles. The predicted octanol–water partition coefficient (Wildman–Crippen LogP) is 13.5. The van der Waals surface area contributed by atoms with Crippen LogP contribution in [-0.4, -0.2) is 4.57 Å². The van der Waals surface area contributed by atoms with E-state index in [0.29, 0.717) is 0 Å². The zero-order valence-corrected chi connectivity index (χ0v) is 30.7. The summed E-state index contributed by atoms with van der Waals surface area (Å²) in [5.41, 5.74) is 18.8. The van der Waals surface area contributed by atoms with Gasteiger partial charge in [0.1, 0.15) is 11.3 Å². The van der Waals surface area contributed by atoms with Gasteiger partial charge in [-0.25, -0.2) is 0 Å². The molecular weight excluding hydrogens is 681 g/mol. The largest absolute Gasteiger partial charge is 0.456 e. The molecule has 7 aromatic carbocycles. The second-order valence-electron chi connectivity index (χ2n) is 15.8. The van der Waals surface area contributed by atoms with Crippen LogP contribution in [0.3, 0.4) is 0 Å². The Morgan fingerprint density at radius 2 is 1.41 bits per heavy atom. The summed E-state index contributed by atoms with van der Waals surface area (Å²) in [6.45, 7) is 0. The van der Waals surface area contributed by atoms with Gasteiger partial charge in [0.2, 0.25) is 0 Å². The van der Waals surface area contributed by atoms with E-state index in [4.69, 9.17) is 4.42 Å². The first-order chi connectivity index (χ1) is 27.8. The average Bonchev–Trinajstić information content (AvgIpc) is 3.91. The molecule has 1 aliphatic heterocycles. The fourth-order valence-electron chi connectivity index (χ4n) is 11.2. The summed E-state index contributed by atoms with van der Waals surface area (Å²) >= 11 is 0. The Balaban J connectivity index is 1.14. The average molecular weight is 717 g/mol. The van der Waals surface area contributed by atoms with E-state index < -0.39 is 5.41 Å². The SMILES string of the molecule is C1=Cc2oc3cccc(N(c4ccccc4)C4CC=Cc5ccc6c(c54)-c4ccccc4C64c5ccccc5-n5c6ccccc6c6cccc4c65)c3c2CC1. The van der Waals surface area contributed by atoms with Crippen LogP contribution in [0.1, 0.15) is 63.6 Å². The van der Waals surface area contributed by atoms with Crippen LogP contribution in [0, 0.1) is 0 Å². The van der Waals surface area contributed by atoms with Crippen molar-refractivity contribution < 1.29 is 4.42 Å². The third-order valence-electron chi connectivity index (χ3n) is 13.2. The minimum absolute atomic E-state index is 0.0342. The van der Waals surface area contributed by atoms with E-state index in [9.17, 15) is 0 Å². The van der Waals surface area contributed by atoms with Crippen LogP contribution in [-0.2, 0) is 11.8 Å². The first-order valence-corrected chi connectivity index (χ1v) is 19.9. The van der Waals surface area contributed by atoms with E-state index in [1.54, 1.807) is 0 Å². The minimum atomic E-state index is -0.499. The lowest BCUT2D eigenvalue weighted by atomic mass is 9.65. The highest BCUT2D eigenvalue weighted by molar-refractivity contribution is 6.13. The maximum atomic E-state index is 6.55. The highest BCUT2D eigenvalue weighted by Crippen LogP contribution is 2.63. The molecule has 0 amide bonds. The van der Waals surface area contributed by atoms with Crippen molar-refractivity contribution in [1.82, 2.24) is 4.57 Å². The molecule has 1 spiro atoms. The summed E-state index contributed by atoms with van der Waals surface area (Å²) in [5, 5.41) is 3.83. The topological polar surface area (TPSA) is 21.3 Å². The van der Waals surface area contributed by atoms with Crippen LogP contribution >= 0.6 is 0 Å². The molecule has 56 heavy (non-hydrogen) atoms. The molecule has 2 atom stereocenters. The Bertz CT molecular complexity index is 3190. The predicted molar refractivity (Wildman–Crippen MR) is 230 cm³/mol. The van der Waals surface area contributed by atoms with E-state index in [1.165, 1.54) is 94.3 Å². The number of allylic oxidation sites excluding steroid dienone is 1. The number of para-hydroxylation sites is 4. The molecule has 13 rings (SSSR count). The molecule has 0 bridgehead atoms. The van der Waals surface area contributed by atoms with Crippen LogP contribution in [0.25, 0.3) is 61.7 Å². The second-order valence-corrected chi connectivity index (χ2v) is 15.8. The summed E-state index contributed by atoms with van der Waals surface area (Å²) < 4.78 is 9.08. The van der Waals surface area contributed by atoms with Crippen LogP contribution in [0.5, 0.6) is 0 Å². The number of anilines is 2. The molecule has 2 aromatic heterocycles. The first kappa shape index (κ1) is 30.5. The van der Waals surface area contributed by atoms with Crippen LogP contribution in [0.15, 0.2) is 168 Å². The van der Waals surface area contributed by atoms with Gasteiger partial charge in [0.15, 0.2) is 0 Å². The third-order valence-corrected chi connectivity index (χ3v) is 13.2. The van der Waals surface area contributed by atoms with Gasteiger partial charge >= 0.3 is 0 Å². The summed E-state index contributed by atoms with van der Waals surface area (Å²) in [6.07, 6.45) is 12.0. The van der Waals surface area contributed by atoms with Crippen molar-refractivity contribution in [3.63, 3.8) is 0 Å². The number of fused-ring (bicyclic) bond motifs is 17. The van der Waals surface area contributed by atoms with Gasteiger partial charge in [0.25, 0.3) is 0 Å². The highest BCUT2D eigenvalue weighted by atomic mass is 16.3. The van der Waals surface area contributed by atoms with Crippen molar-refractivity contribution in [2.75, 3.05) is 4.90 Å². The molecule has 0 saturated carbocycles. The standard InChI is InChI=1S/C53H36N2O/c1-2-16-34(17-3-1)54(46-28-14-30-48-51(46)38-20-6-11-29-47(38)56-48)45-27-12-15-33-31-32-41-50(49(33)45)37-19-4-7-22-39(37)53(41)40-23-8-10-26-44(40)55-43-25-9-5-18-35(43)36-21-13-24-42(53)52(36)55/h1-5,7-19,21-26,28-32,45H,6,20,27H2. The Morgan fingerprint density at radius 1 is 0.625 bits per heavy atom. The highest BCUT2D eigenvalue weighted by Gasteiger charge is 2.52. The number of hydrogen-bond acceptors (Lipinski definition) is 2. The van der Waals surface area contributed by atoms with Crippen LogP contribution < -0.4 is 4.90 Å². The van der Waals surface area contributed by atoms with Gasteiger partial charge in [-0.1, -0.05) is 133 Å². The Morgan fingerprint density at radius 3 is 2.36 bits per heavy atom. The molecule has 4 aliphatic rings. The maximum Gasteiger partial charge on any atom is 0.137 e. The van der Waals surface area contributed by atoms with Gasteiger partial charge in [0.05, 0.1) is 33.9 Å². The molecule has 3 aliphatic carbocycles. The van der Waals surface area contributed by atoms with Crippen molar-refractivity contribution in [1.29, 1.82) is 0 Å². The monoisotopic (exact) mass is 716 g/mol. The smallest absolute Gasteiger partial charge is 0.137 e. The van der Waals surface area contributed by atoms with Crippen LogP contribution in [0.2, 0.25) is 0 Å². The van der Waals surface area contributed by atoms with Crippen molar-refractivity contribution in [2.24, 2.45) is 0 Å². The molecule has 264 valence electrons. The zero-order chi connectivity index (χ0) is 36.5. The van der Waals surface area contributed by atoms with Gasteiger partial charge in [0, 0.05) is 27.4 Å². The van der Waals surface area contributed by atoms with E-state index in [-0.39, 0.29) is 6.04 Å². The number of hydrogen-bond donors (Lipinski definition) is 0. The van der Waals surface area contributed by atoms with Gasteiger partial charge in [-0.15, -0.1) is 0 Å². The number of rotatable bonds is 3. The number of aryl methyl sites for hydroxylation is 1.